The Bertz CT molecular complexity index is 497. The van der Waals surface area contributed by atoms with Gasteiger partial charge in [0.1, 0.15) is 10.9 Å². The van der Waals surface area contributed by atoms with Crippen LogP contribution in [0.3, 0.4) is 0 Å². The third-order valence-corrected chi connectivity index (χ3v) is 2.64. The van der Waals surface area contributed by atoms with Gasteiger partial charge in [-0.3, -0.25) is 0 Å². The number of nitrogens with zero attached hydrogens (tertiary/aromatic N) is 2. The van der Waals surface area contributed by atoms with Crippen LogP contribution in [0.15, 0.2) is 30.5 Å². The zero-order chi connectivity index (χ0) is 11.5. The third kappa shape index (κ3) is 2.14. The van der Waals surface area contributed by atoms with Gasteiger partial charge in [-0.25, -0.2) is 9.97 Å². The molecule has 1 heterocycles. The summed E-state index contributed by atoms with van der Waals surface area (Å²) in [4.78, 5) is 8.44. The first-order valence-corrected chi connectivity index (χ1v) is 5.22. The number of aryl methyl sites for hydroxylation is 1. The van der Waals surface area contributed by atoms with Crippen LogP contribution in [0.25, 0.3) is 11.4 Å². The van der Waals surface area contributed by atoms with Gasteiger partial charge in [-0.1, -0.05) is 11.6 Å². The first kappa shape index (κ1) is 10.9. The molecule has 1 aromatic carbocycles. The molecule has 0 N–H and O–H groups in total. The standard InChI is InChI=1S/C12H11ClN2O/c1-8-7-14-12(15-11(8)13)9-3-5-10(16-2)6-4-9/h3-7H,1-2H3. The van der Waals surface area contributed by atoms with E-state index in [1.165, 1.54) is 0 Å². The van der Waals surface area contributed by atoms with Crippen LogP contribution in [0.4, 0.5) is 0 Å². The van der Waals surface area contributed by atoms with Crippen LogP contribution in [0.2, 0.25) is 5.15 Å². The number of benzene rings is 1. The Labute approximate surface area is 99.1 Å². The van der Waals surface area contributed by atoms with E-state index >= 15 is 0 Å². The molecule has 2 aromatic rings. The van der Waals surface area contributed by atoms with Crippen molar-refractivity contribution in [3.05, 3.63) is 41.2 Å². The molecule has 4 heteroatoms. The van der Waals surface area contributed by atoms with Gasteiger partial charge in [0.25, 0.3) is 0 Å². The molecule has 0 bridgehead atoms. The highest BCUT2D eigenvalue weighted by Crippen LogP contribution is 2.21. The number of ether oxygens (including phenoxy) is 1. The second-order valence-electron chi connectivity index (χ2n) is 3.40. The normalized spacial score (nSPS) is 10.2. The summed E-state index contributed by atoms with van der Waals surface area (Å²) in [5.41, 5.74) is 1.79. The van der Waals surface area contributed by atoms with Crippen molar-refractivity contribution in [2.45, 2.75) is 6.92 Å². The highest BCUT2D eigenvalue weighted by molar-refractivity contribution is 6.30. The fourth-order valence-electron chi connectivity index (χ4n) is 1.30. The lowest BCUT2D eigenvalue weighted by molar-refractivity contribution is 0.415. The molecule has 0 radical (unpaired) electrons. The maximum atomic E-state index is 5.95. The van der Waals surface area contributed by atoms with E-state index in [1.807, 2.05) is 31.2 Å². The van der Waals surface area contributed by atoms with E-state index in [4.69, 9.17) is 16.3 Å². The lowest BCUT2D eigenvalue weighted by atomic mass is 10.2. The summed E-state index contributed by atoms with van der Waals surface area (Å²) in [6.07, 6.45) is 1.72. The fraction of sp³-hybridized carbons (Fsp3) is 0.167. The Balaban J connectivity index is 2.38. The molecular weight excluding hydrogens is 224 g/mol. The van der Waals surface area contributed by atoms with E-state index in [1.54, 1.807) is 13.3 Å². The molecule has 0 fully saturated rings. The van der Waals surface area contributed by atoms with Crippen molar-refractivity contribution in [1.29, 1.82) is 0 Å². The zero-order valence-electron chi connectivity index (χ0n) is 9.07. The SMILES string of the molecule is COc1ccc(-c2ncc(C)c(Cl)n2)cc1. The average Bonchev–Trinajstić information content (AvgIpc) is 2.33. The molecule has 0 unspecified atom stereocenters. The molecule has 82 valence electrons. The van der Waals surface area contributed by atoms with Crippen molar-refractivity contribution in [2.24, 2.45) is 0 Å². The molecule has 0 saturated carbocycles. The van der Waals surface area contributed by atoms with Crippen LogP contribution in [-0.2, 0) is 0 Å². The molecule has 1 aromatic heterocycles. The van der Waals surface area contributed by atoms with Gasteiger partial charge in [-0.15, -0.1) is 0 Å². The maximum Gasteiger partial charge on any atom is 0.160 e. The van der Waals surface area contributed by atoms with E-state index in [-0.39, 0.29) is 0 Å². The summed E-state index contributed by atoms with van der Waals surface area (Å²) in [5.74, 6) is 1.43. The van der Waals surface area contributed by atoms with Crippen molar-refractivity contribution in [2.75, 3.05) is 7.11 Å². The smallest absolute Gasteiger partial charge is 0.160 e. The van der Waals surface area contributed by atoms with Gasteiger partial charge >= 0.3 is 0 Å². The number of hydrogen-bond acceptors (Lipinski definition) is 3. The van der Waals surface area contributed by atoms with E-state index in [9.17, 15) is 0 Å². The second kappa shape index (κ2) is 4.49. The summed E-state index contributed by atoms with van der Waals surface area (Å²) in [6, 6.07) is 7.54. The Morgan fingerprint density at radius 3 is 2.44 bits per heavy atom. The lowest BCUT2D eigenvalue weighted by Gasteiger charge is -2.03. The number of methoxy groups -OCH3 is 1. The van der Waals surface area contributed by atoms with Gasteiger partial charge in [0, 0.05) is 17.3 Å². The van der Waals surface area contributed by atoms with Gasteiger partial charge in [0.2, 0.25) is 0 Å². The molecule has 0 spiro atoms. The molecule has 0 saturated heterocycles. The highest BCUT2D eigenvalue weighted by Gasteiger charge is 2.04. The van der Waals surface area contributed by atoms with Crippen LogP contribution < -0.4 is 4.74 Å². The van der Waals surface area contributed by atoms with E-state index in [0.29, 0.717) is 11.0 Å². The Morgan fingerprint density at radius 2 is 1.88 bits per heavy atom. The minimum atomic E-state index is 0.487. The minimum absolute atomic E-state index is 0.487. The minimum Gasteiger partial charge on any atom is -0.497 e. The Hall–Kier alpha value is -1.61. The number of halogens is 1. The van der Waals surface area contributed by atoms with E-state index in [0.717, 1.165) is 16.9 Å². The Morgan fingerprint density at radius 1 is 1.19 bits per heavy atom. The van der Waals surface area contributed by atoms with Crippen LogP contribution in [0, 0.1) is 6.92 Å². The molecule has 3 nitrogen and oxygen atoms in total. The highest BCUT2D eigenvalue weighted by atomic mass is 35.5. The molecular formula is C12H11ClN2O. The predicted molar refractivity (Wildman–Crippen MR) is 63.8 cm³/mol. The number of aromatic nitrogens is 2. The first-order chi connectivity index (χ1) is 7.70. The summed E-state index contributed by atoms with van der Waals surface area (Å²) >= 11 is 5.95. The third-order valence-electron chi connectivity index (χ3n) is 2.26. The van der Waals surface area contributed by atoms with Crippen molar-refractivity contribution >= 4 is 11.6 Å². The fourth-order valence-corrected chi connectivity index (χ4v) is 1.43. The van der Waals surface area contributed by atoms with Gasteiger partial charge in [0.05, 0.1) is 7.11 Å². The first-order valence-electron chi connectivity index (χ1n) is 4.84. The molecule has 0 atom stereocenters. The van der Waals surface area contributed by atoms with Gasteiger partial charge in [-0.2, -0.15) is 0 Å². The summed E-state index contributed by atoms with van der Waals surface area (Å²) in [6.45, 7) is 1.88. The van der Waals surface area contributed by atoms with Gasteiger partial charge < -0.3 is 4.74 Å². The van der Waals surface area contributed by atoms with Crippen molar-refractivity contribution in [3.63, 3.8) is 0 Å². The monoisotopic (exact) mass is 234 g/mol. The molecule has 0 amide bonds. The van der Waals surface area contributed by atoms with Crippen molar-refractivity contribution in [3.8, 4) is 17.1 Å². The molecule has 0 aliphatic heterocycles. The van der Waals surface area contributed by atoms with Crippen molar-refractivity contribution < 1.29 is 4.74 Å². The van der Waals surface area contributed by atoms with Gasteiger partial charge in [0.15, 0.2) is 5.82 Å². The topological polar surface area (TPSA) is 35.0 Å². The van der Waals surface area contributed by atoms with Gasteiger partial charge in [-0.05, 0) is 31.2 Å². The van der Waals surface area contributed by atoms with Crippen LogP contribution in [0.5, 0.6) is 5.75 Å². The van der Waals surface area contributed by atoms with Crippen LogP contribution >= 0.6 is 11.6 Å². The molecule has 0 aliphatic rings. The number of hydrogen-bond donors (Lipinski definition) is 0. The molecule has 16 heavy (non-hydrogen) atoms. The van der Waals surface area contributed by atoms with Crippen molar-refractivity contribution in [1.82, 2.24) is 9.97 Å². The van der Waals surface area contributed by atoms with E-state index in [2.05, 4.69) is 9.97 Å². The predicted octanol–water partition coefficient (Wildman–Crippen LogP) is 3.11. The summed E-state index contributed by atoms with van der Waals surface area (Å²) in [7, 11) is 1.63. The quantitative estimate of drug-likeness (QED) is 0.749. The van der Waals surface area contributed by atoms with Crippen LogP contribution in [0.1, 0.15) is 5.56 Å². The lowest BCUT2D eigenvalue weighted by Crippen LogP contribution is -1.91. The number of rotatable bonds is 2. The average molecular weight is 235 g/mol. The molecule has 0 aliphatic carbocycles. The Kier molecular flexibility index (Phi) is 3.06. The molecule has 2 rings (SSSR count). The second-order valence-corrected chi connectivity index (χ2v) is 3.75. The van der Waals surface area contributed by atoms with E-state index < -0.39 is 0 Å². The maximum absolute atomic E-state index is 5.95. The zero-order valence-corrected chi connectivity index (χ0v) is 9.82. The summed E-state index contributed by atoms with van der Waals surface area (Å²) in [5, 5.41) is 0.487. The van der Waals surface area contributed by atoms with Crippen LogP contribution in [-0.4, -0.2) is 17.1 Å². The summed E-state index contributed by atoms with van der Waals surface area (Å²) < 4.78 is 5.08. The largest absolute Gasteiger partial charge is 0.497 e.